The van der Waals surface area contributed by atoms with E-state index in [4.69, 9.17) is 0 Å². The zero-order valence-electron chi connectivity index (χ0n) is 13.1. The molecule has 0 aliphatic carbocycles. The van der Waals surface area contributed by atoms with Crippen LogP contribution in [0.4, 0.5) is 14.3 Å². The summed E-state index contributed by atoms with van der Waals surface area (Å²) < 4.78 is 35.8. The molecule has 3 amide bonds. The van der Waals surface area contributed by atoms with Crippen molar-refractivity contribution in [1.29, 1.82) is 0 Å². The van der Waals surface area contributed by atoms with Gasteiger partial charge in [-0.05, 0) is 29.8 Å². The minimum Gasteiger partial charge on any atom is -0.283 e. The van der Waals surface area contributed by atoms with E-state index >= 15 is 0 Å². The Kier molecular flexibility index (Phi) is 5.24. The average molecular weight is 393 g/mol. The molecule has 0 aliphatic heterocycles. The lowest BCUT2D eigenvalue weighted by molar-refractivity contribution is 0.0963. The number of carbonyl (C=O) groups is 2. The molecule has 3 aromatic rings. The number of nitrogens with zero attached hydrogens (tertiary/aromatic N) is 1. The summed E-state index contributed by atoms with van der Waals surface area (Å²) in [6.07, 6.45) is 0. The Bertz CT molecular complexity index is 1070. The number of thiol groups is 1. The second-order valence-electron chi connectivity index (χ2n) is 5.20. The van der Waals surface area contributed by atoms with E-state index in [9.17, 15) is 22.4 Å². The molecule has 0 aliphatic rings. The molecule has 1 heterocycles. The Morgan fingerprint density at radius 1 is 1.15 bits per heavy atom. The number of rotatable bonds is 4. The van der Waals surface area contributed by atoms with Gasteiger partial charge in [0.05, 0.1) is 21.5 Å². The van der Waals surface area contributed by atoms with Crippen LogP contribution in [0.2, 0.25) is 0 Å². The first kappa shape index (κ1) is 18.0. The van der Waals surface area contributed by atoms with Crippen molar-refractivity contribution in [2.45, 2.75) is 5.75 Å². The lowest BCUT2D eigenvalue weighted by atomic mass is 10.2. The number of anilines is 1. The number of amides is 3. The lowest BCUT2D eigenvalue weighted by Crippen LogP contribution is -2.34. The van der Waals surface area contributed by atoms with Crippen molar-refractivity contribution >= 4 is 49.3 Å². The zero-order chi connectivity index (χ0) is 18.7. The second-order valence-corrected chi connectivity index (χ2v) is 7.21. The summed E-state index contributed by atoms with van der Waals surface area (Å²) in [5, 5.41) is 4.66. The zero-order valence-corrected chi connectivity index (χ0v) is 14.8. The first-order valence-corrected chi connectivity index (χ1v) is 9.48. The molecule has 0 unspecified atom stereocenters. The van der Waals surface area contributed by atoms with Crippen LogP contribution < -0.4 is 10.6 Å². The van der Waals surface area contributed by atoms with Gasteiger partial charge in [0.1, 0.15) is 16.5 Å². The molecule has 10 heteroatoms. The maximum absolute atomic E-state index is 13.5. The quantitative estimate of drug-likeness (QED) is 0.591. The van der Waals surface area contributed by atoms with Crippen LogP contribution >= 0.6 is 11.3 Å². The van der Waals surface area contributed by atoms with E-state index in [1.807, 2.05) is 5.32 Å². The van der Waals surface area contributed by atoms with Crippen LogP contribution in [0, 0.1) is 5.82 Å². The van der Waals surface area contributed by atoms with Gasteiger partial charge in [0.25, 0.3) is 5.91 Å². The van der Waals surface area contributed by atoms with Gasteiger partial charge in [-0.1, -0.05) is 29.5 Å². The molecular weight excluding hydrogens is 381 g/mol. The minimum atomic E-state index is -2.54. The minimum absolute atomic E-state index is 0.0798. The molecular formula is C16H12FN3O4S2. The van der Waals surface area contributed by atoms with Crippen LogP contribution in [-0.2, 0) is 16.5 Å². The number of halogens is 1. The van der Waals surface area contributed by atoms with Crippen molar-refractivity contribution in [3.63, 3.8) is 0 Å². The van der Waals surface area contributed by atoms with Crippen molar-refractivity contribution in [2.24, 2.45) is 0 Å². The molecule has 2 N–H and O–H groups in total. The number of hydrogen-bond acceptors (Lipinski definition) is 6. The highest BCUT2D eigenvalue weighted by atomic mass is 32.2. The van der Waals surface area contributed by atoms with Crippen LogP contribution in [0.25, 0.3) is 10.2 Å². The third-order valence-corrected chi connectivity index (χ3v) is 4.89. The van der Waals surface area contributed by atoms with Crippen LogP contribution in [0.15, 0.2) is 42.5 Å². The van der Waals surface area contributed by atoms with Crippen molar-refractivity contribution in [3.8, 4) is 0 Å². The molecule has 0 bridgehead atoms. The van der Waals surface area contributed by atoms with Crippen LogP contribution in [-0.4, -0.2) is 25.3 Å². The Morgan fingerprint density at radius 2 is 1.92 bits per heavy atom. The highest BCUT2D eigenvalue weighted by Crippen LogP contribution is 2.27. The Morgan fingerprint density at radius 3 is 2.65 bits per heavy atom. The Labute approximate surface area is 152 Å². The van der Waals surface area contributed by atoms with Gasteiger partial charge in [0.15, 0.2) is 5.13 Å². The number of urea groups is 1. The summed E-state index contributed by atoms with van der Waals surface area (Å²) in [5.74, 6) is -1.69. The summed E-state index contributed by atoms with van der Waals surface area (Å²) in [6.45, 7) is 0. The molecule has 0 saturated carbocycles. The van der Waals surface area contributed by atoms with E-state index < -0.39 is 28.5 Å². The fourth-order valence-electron chi connectivity index (χ4n) is 2.21. The van der Waals surface area contributed by atoms with E-state index in [0.29, 0.717) is 15.8 Å². The number of aromatic nitrogens is 1. The molecule has 3 rings (SSSR count). The smallest absolute Gasteiger partial charge is 0.283 e. The standard InChI is InChI=1S/C16H12FN3O4S2/c17-11-4-2-1-3-10(11)14(21)19-15(22)20-16-18-12-6-5-9(8-26(23)24)7-13(12)25-16/h1-7,26H,8H2,(H2,18,19,20,21,22). The van der Waals surface area contributed by atoms with Gasteiger partial charge < -0.3 is 0 Å². The number of nitrogens with one attached hydrogen (secondary N) is 2. The largest absolute Gasteiger partial charge is 0.327 e. The van der Waals surface area contributed by atoms with Crippen molar-refractivity contribution in [3.05, 3.63) is 59.4 Å². The Balaban J connectivity index is 1.71. The van der Waals surface area contributed by atoms with Gasteiger partial charge in [0, 0.05) is 0 Å². The van der Waals surface area contributed by atoms with E-state index in [0.717, 1.165) is 17.4 Å². The number of thiazole rings is 1. The first-order valence-electron chi connectivity index (χ1n) is 7.30. The van der Waals surface area contributed by atoms with Gasteiger partial charge in [-0.15, -0.1) is 0 Å². The van der Waals surface area contributed by atoms with Crippen molar-refractivity contribution < 1.29 is 22.4 Å². The SMILES string of the molecule is O=C(NC(=O)c1ccccc1F)Nc1nc2ccc(C[SH](=O)=O)cc2s1. The van der Waals surface area contributed by atoms with Crippen LogP contribution in [0.1, 0.15) is 15.9 Å². The van der Waals surface area contributed by atoms with E-state index in [-0.39, 0.29) is 16.4 Å². The van der Waals surface area contributed by atoms with Gasteiger partial charge in [-0.3, -0.25) is 15.4 Å². The normalized spacial score (nSPS) is 10.8. The van der Waals surface area contributed by atoms with Gasteiger partial charge >= 0.3 is 6.03 Å². The molecule has 0 atom stereocenters. The molecule has 0 radical (unpaired) electrons. The molecule has 0 saturated heterocycles. The van der Waals surface area contributed by atoms with Crippen LogP contribution in [0.5, 0.6) is 0 Å². The molecule has 1 aromatic heterocycles. The number of imide groups is 1. The highest BCUT2D eigenvalue weighted by Gasteiger charge is 2.15. The third-order valence-electron chi connectivity index (χ3n) is 3.33. The van der Waals surface area contributed by atoms with Gasteiger partial charge in [-0.2, -0.15) is 0 Å². The number of fused-ring (bicyclic) bond motifs is 1. The van der Waals surface area contributed by atoms with Crippen molar-refractivity contribution in [2.75, 3.05) is 5.32 Å². The summed E-state index contributed by atoms with van der Waals surface area (Å²) in [5.41, 5.74) is 0.946. The van der Waals surface area contributed by atoms with Crippen LogP contribution in [0.3, 0.4) is 0 Å². The predicted molar refractivity (Wildman–Crippen MR) is 96.5 cm³/mol. The lowest BCUT2D eigenvalue weighted by Gasteiger charge is -2.04. The maximum atomic E-state index is 13.5. The molecule has 0 fully saturated rings. The summed E-state index contributed by atoms with van der Waals surface area (Å²) in [6, 6.07) is 9.41. The van der Waals surface area contributed by atoms with E-state index in [2.05, 4.69) is 10.3 Å². The number of carbonyl (C=O) groups excluding carboxylic acids is 2. The summed E-state index contributed by atoms with van der Waals surface area (Å²) >= 11 is 1.13. The second kappa shape index (κ2) is 7.58. The summed E-state index contributed by atoms with van der Waals surface area (Å²) in [7, 11) is -2.54. The van der Waals surface area contributed by atoms with Crippen molar-refractivity contribution in [1.82, 2.24) is 10.3 Å². The molecule has 26 heavy (non-hydrogen) atoms. The summed E-state index contributed by atoms with van der Waals surface area (Å²) in [4.78, 5) is 28.0. The topological polar surface area (TPSA) is 105 Å². The molecule has 7 nitrogen and oxygen atoms in total. The molecule has 2 aromatic carbocycles. The fraction of sp³-hybridized carbons (Fsp3) is 0.0625. The molecule has 0 spiro atoms. The monoisotopic (exact) mass is 393 g/mol. The maximum Gasteiger partial charge on any atom is 0.327 e. The fourth-order valence-corrected chi connectivity index (χ4v) is 3.63. The van der Waals surface area contributed by atoms with Gasteiger partial charge in [-0.25, -0.2) is 22.6 Å². The first-order chi connectivity index (χ1) is 12.4. The molecule has 134 valence electrons. The van der Waals surface area contributed by atoms with E-state index in [1.165, 1.54) is 18.2 Å². The highest BCUT2D eigenvalue weighted by molar-refractivity contribution is 7.71. The number of benzene rings is 2. The van der Waals surface area contributed by atoms with E-state index in [1.54, 1.807) is 18.2 Å². The average Bonchev–Trinajstić information content (AvgIpc) is 2.95. The number of hydrogen-bond donors (Lipinski definition) is 3. The predicted octanol–water partition coefficient (Wildman–Crippen LogP) is 2.51. The van der Waals surface area contributed by atoms with Gasteiger partial charge in [0.2, 0.25) is 0 Å². The Hall–Kier alpha value is -2.85. The third kappa shape index (κ3) is 4.21.